The van der Waals surface area contributed by atoms with Crippen molar-refractivity contribution >= 4 is 5.97 Å². The normalized spacial score (nSPS) is 12.4. The fourth-order valence-electron chi connectivity index (χ4n) is 1.23. The van der Waals surface area contributed by atoms with Crippen LogP contribution in [0.5, 0.6) is 0 Å². The average molecular weight is 194 g/mol. The topological polar surface area (TPSA) is 62.2 Å². The van der Waals surface area contributed by atoms with E-state index in [9.17, 15) is 4.79 Å². The van der Waals surface area contributed by atoms with Gasteiger partial charge in [-0.3, -0.25) is 9.78 Å². The second-order valence-electron chi connectivity index (χ2n) is 3.04. The van der Waals surface area contributed by atoms with E-state index in [4.69, 9.17) is 5.11 Å². The molecule has 0 fully saturated rings. The molecule has 2 N–H and O–H groups in total. The highest BCUT2D eigenvalue weighted by Crippen LogP contribution is 2.01. The standard InChI is InChI=1S/C10H14N2O2/c1-11-9(10(13)14)6-5-8-4-2-3-7-12-8/h2-4,7,9,11H,5-6H2,1H3,(H,13,14)/t9-/m0/s1. The Morgan fingerprint density at radius 3 is 2.93 bits per heavy atom. The summed E-state index contributed by atoms with van der Waals surface area (Å²) in [5.41, 5.74) is 0.925. The quantitative estimate of drug-likeness (QED) is 0.723. The van der Waals surface area contributed by atoms with Crippen molar-refractivity contribution in [2.45, 2.75) is 18.9 Å². The molecular weight excluding hydrogens is 180 g/mol. The van der Waals surface area contributed by atoms with Crippen molar-refractivity contribution in [3.8, 4) is 0 Å². The van der Waals surface area contributed by atoms with Gasteiger partial charge in [0.1, 0.15) is 6.04 Å². The van der Waals surface area contributed by atoms with Crippen LogP contribution in [0.25, 0.3) is 0 Å². The summed E-state index contributed by atoms with van der Waals surface area (Å²) in [5.74, 6) is -0.816. The molecule has 0 aliphatic heterocycles. The maximum atomic E-state index is 10.7. The van der Waals surface area contributed by atoms with Crippen molar-refractivity contribution < 1.29 is 9.90 Å². The summed E-state index contributed by atoms with van der Waals surface area (Å²) in [6.07, 6.45) is 2.95. The van der Waals surface area contributed by atoms with Crippen LogP contribution in [0.3, 0.4) is 0 Å². The zero-order chi connectivity index (χ0) is 10.4. The summed E-state index contributed by atoms with van der Waals surface area (Å²) in [4.78, 5) is 14.8. The molecule has 0 radical (unpaired) electrons. The number of aliphatic carboxylic acids is 1. The average Bonchev–Trinajstić information content (AvgIpc) is 2.20. The number of aryl methyl sites for hydroxylation is 1. The number of carboxylic acid groups (broad SMARTS) is 1. The third-order valence-corrected chi connectivity index (χ3v) is 2.06. The second kappa shape index (κ2) is 5.34. The molecule has 0 amide bonds. The Morgan fingerprint density at radius 2 is 2.43 bits per heavy atom. The first-order valence-corrected chi connectivity index (χ1v) is 4.54. The molecule has 1 heterocycles. The lowest BCUT2D eigenvalue weighted by atomic mass is 10.1. The van der Waals surface area contributed by atoms with Gasteiger partial charge in [-0.1, -0.05) is 6.07 Å². The number of nitrogens with one attached hydrogen (secondary N) is 1. The fraction of sp³-hybridized carbons (Fsp3) is 0.400. The Balaban J connectivity index is 2.44. The smallest absolute Gasteiger partial charge is 0.320 e. The second-order valence-corrected chi connectivity index (χ2v) is 3.04. The molecule has 1 rings (SSSR count). The van der Waals surface area contributed by atoms with Gasteiger partial charge in [-0.15, -0.1) is 0 Å². The Hall–Kier alpha value is -1.42. The van der Waals surface area contributed by atoms with Crippen LogP contribution in [0.4, 0.5) is 0 Å². The van der Waals surface area contributed by atoms with E-state index in [-0.39, 0.29) is 0 Å². The number of pyridine rings is 1. The van der Waals surface area contributed by atoms with Crippen LogP contribution in [0.1, 0.15) is 12.1 Å². The van der Waals surface area contributed by atoms with Gasteiger partial charge < -0.3 is 10.4 Å². The monoisotopic (exact) mass is 194 g/mol. The summed E-state index contributed by atoms with van der Waals surface area (Å²) in [7, 11) is 1.65. The summed E-state index contributed by atoms with van der Waals surface area (Å²) in [5, 5.41) is 11.5. The number of aromatic nitrogens is 1. The number of carbonyl (C=O) groups is 1. The lowest BCUT2D eigenvalue weighted by molar-refractivity contribution is -0.139. The van der Waals surface area contributed by atoms with E-state index >= 15 is 0 Å². The van der Waals surface area contributed by atoms with E-state index in [1.54, 1.807) is 13.2 Å². The van der Waals surface area contributed by atoms with Crippen molar-refractivity contribution in [2.75, 3.05) is 7.05 Å². The Labute approximate surface area is 83.0 Å². The van der Waals surface area contributed by atoms with Crippen LogP contribution >= 0.6 is 0 Å². The van der Waals surface area contributed by atoms with Gasteiger partial charge in [0.15, 0.2) is 0 Å². The summed E-state index contributed by atoms with van der Waals surface area (Å²) in [6.45, 7) is 0. The summed E-state index contributed by atoms with van der Waals surface area (Å²) in [6, 6.07) is 5.15. The Morgan fingerprint density at radius 1 is 1.64 bits per heavy atom. The molecule has 14 heavy (non-hydrogen) atoms. The number of carboxylic acids is 1. The lowest BCUT2D eigenvalue weighted by Crippen LogP contribution is -2.34. The van der Waals surface area contributed by atoms with Gasteiger partial charge in [0.25, 0.3) is 0 Å². The van der Waals surface area contributed by atoms with E-state index in [1.807, 2.05) is 18.2 Å². The molecule has 0 unspecified atom stereocenters. The highest BCUT2D eigenvalue weighted by Gasteiger charge is 2.14. The summed E-state index contributed by atoms with van der Waals surface area (Å²) >= 11 is 0. The molecule has 0 aliphatic rings. The van der Waals surface area contributed by atoms with Gasteiger partial charge in [-0.2, -0.15) is 0 Å². The van der Waals surface area contributed by atoms with E-state index in [1.165, 1.54) is 0 Å². The molecule has 1 aromatic rings. The van der Waals surface area contributed by atoms with Crippen LogP contribution in [0.15, 0.2) is 24.4 Å². The van der Waals surface area contributed by atoms with Crippen LogP contribution < -0.4 is 5.32 Å². The van der Waals surface area contributed by atoms with Crippen molar-refractivity contribution in [2.24, 2.45) is 0 Å². The SMILES string of the molecule is CN[C@@H](CCc1ccccn1)C(=O)O. The minimum Gasteiger partial charge on any atom is -0.480 e. The van der Waals surface area contributed by atoms with Crippen molar-refractivity contribution in [1.29, 1.82) is 0 Å². The molecular formula is C10H14N2O2. The van der Waals surface area contributed by atoms with E-state index < -0.39 is 12.0 Å². The minimum absolute atomic E-state index is 0.489. The fourth-order valence-corrected chi connectivity index (χ4v) is 1.23. The van der Waals surface area contributed by atoms with Gasteiger partial charge in [0.2, 0.25) is 0 Å². The zero-order valence-corrected chi connectivity index (χ0v) is 8.10. The van der Waals surface area contributed by atoms with E-state index in [2.05, 4.69) is 10.3 Å². The number of hydrogen-bond acceptors (Lipinski definition) is 3. The molecule has 1 atom stereocenters. The predicted octanol–water partition coefficient (Wildman–Crippen LogP) is 0.687. The molecule has 76 valence electrons. The van der Waals surface area contributed by atoms with Crippen molar-refractivity contribution in [3.63, 3.8) is 0 Å². The van der Waals surface area contributed by atoms with E-state index in [0.29, 0.717) is 12.8 Å². The van der Waals surface area contributed by atoms with Crippen LogP contribution in [-0.2, 0) is 11.2 Å². The minimum atomic E-state index is -0.816. The molecule has 0 aliphatic carbocycles. The van der Waals surface area contributed by atoms with Gasteiger partial charge >= 0.3 is 5.97 Å². The first kappa shape index (κ1) is 10.7. The zero-order valence-electron chi connectivity index (χ0n) is 8.10. The molecule has 0 saturated carbocycles. The Bertz CT molecular complexity index is 287. The third-order valence-electron chi connectivity index (χ3n) is 2.06. The molecule has 0 aromatic carbocycles. The van der Waals surface area contributed by atoms with Gasteiger partial charge in [0.05, 0.1) is 0 Å². The van der Waals surface area contributed by atoms with Crippen LogP contribution in [-0.4, -0.2) is 29.1 Å². The van der Waals surface area contributed by atoms with Crippen molar-refractivity contribution in [3.05, 3.63) is 30.1 Å². The maximum Gasteiger partial charge on any atom is 0.320 e. The molecule has 4 nitrogen and oxygen atoms in total. The van der Waals surface area contributed by atoms with Crippen LogP contribution in [0, 0.1) is 0 Å². The number of hydrogen-bond donors (Lipinski definition) is 2. The predicted molar refractivity (Wildman–Crippen MR) is 53.0 cm³/mol. The highest BCUT2D eigenvalue weighted by atomic mass is 16.4. The highest BCUT2D eigenvalue weighted by molar-refractivity contribution is 5.73. The van der Waals surface area contributed by atoms with Gasteiger partial charge in [-0.05, 0) is 32.0 Å². The van der Waals surface area contributed by atoms with Crippen molar-refractivity contribution in [1.82, 2.24) is 10.3 Å². The molecule has 0 spiro atoms. The third kappa shape index (κ3) is 3.14. The largest absolute Gasteiger partial charge is 0.480 e. The number of nitrogens with zero attached hydrogens (tertiary/aromatic N) is 1. The maximum absolute atomic E-state index is 10.7. The van der Waals surface area contributed by atoms with Crippen LogP contribution in [0.2, 0.25) is 0 Å². The molecule has 4 heteroatoms. The first-order chi connectivity index (χ1) is 6.74. The van der Waals surface area contributed by atoms with E-state index in [0.717, 1.165) is 5.69 Å². The molecule has 1 aromatic heterocycles. The summed E-state index contributed by atoms with van der Waals surface area (Å²) < 4.78 is 0. The lowest BCUT2D eigenvalue weighted by Gasteiger charge is -2.09. The number of likely N-dealkylation sites (N-methyl/N-ethyl adjacent to an activating group) is 1. The number of rotatable bonds is 5. The van der Waals surface area contributed by atoms with Gasteiger partial charge in [0, 0.05) is 11.9 Å². The molecule has 0 saturated heterocycles. The molecule has 0 bridgehead atoms. The van der Waals surface area contributed by atoms with Gasteiger partial charge in [-0.25, -0.2) is 0 Å². The first-order valence-electron chi connectivity index (χ1n) is 4.54. The Kier molecular flexibility index (Phi) is 4.07.